The standard InChI is InChI=1S/C13H19FN2O3S/c1-8(13(2,3)4)16-12(17)10-7-9(20(15,18)19)5-6-11(10)14/h5-8H,1-4H3,(H,16,17)(H2,15,18,19). The van der Waals surface area contributed by atoms with Gasteiger partial charge in [0.1, 0.15) is 5.82 Å². The first-order valence-corrected chi connectivity index (χ1v) is 7.61. The molecule has 0 aromatic heterocycles. The summed E-state index contributed by atoms with van der Waals surface area (Å²) < 4.78 is 36.1. The molecule has 0 aliphatic heterocycles. The Balaban J connectivity index is 3.11. The summed E-state index contributed by atoms with van der Waals surface area (Å²) >= 11 is 0. The van der Waals surface area contributed by atoms with Gasteiger partial charge in [-0.3, -0.25) is 4.79 Å². The molecule has 5 nitrogen and oxygen atoms in total. The molecule has 0 heterocycles. The van der Waals surface area contributed by atoms with E-state index in [0.29, 0.717) is 0 Å². The van der Waals surface area contributed by atoms with Crippen LogP contribution in [0.2, 0.25) is 0 Å². The van der Waals surface area contributed by atoms with Gasteiger partial charge in [0.25, 0.3) is 5.91 Å². The molecule has 1 rings (SSSR count). The van der Waals surface area contributed by atoms with Crippen molar-refractivity contribution >= 4 is 15.9 Å². The van der Waals surface area contributed by atoms with Gasteiger partial charge in [0, 0.05) is 6.04 Å². The Kier molecular flexibility index (Phi) is 4.55. The summed E-state index contributed by atoms with van der Waals surface area (Å²) in [4.78, 5) is 11.7. The second-order valence-corrected chi connectivity index (χ2v) is 7.31. The number of benzene rings is 1. The Morgan fingerprint density at radius 3 is 2.35 bits per heavy atom. The molecule has 0 bridgehead atoms. The van der Waals surface area contributed by atoms with Gasteiger partial charge in [-0.05, 0) is 30.5 Å². The van der Waals surface area contributed by atoms with Crippen LogP contribution >= 0.6 is 0 Å². The summed E-state index contributed by atoms with van der Waals surface area (Å²) in [5.41, 5.74) is -0.545. The molecular weight excluding hydrogens is 283 g/mol. The van der Waals surface area contributed by atoms with E-state index in [-0.39, 0.29) is 21.9 Å². The Hall–Kier alpha value is -1.47. The summed E-state index contributed by atoms with van der Waals surface area (Å²) in [5, 5.41) is 7.61. The van der Waals surface area contributed by atoms with Crippen LogP contribution < -0.4 is 10.5 Å². The van der Waals surface area contributed by atoms with E-state index in [9.17, 15) is 17.6 Å². The number of amides is 1. The molecule has 0 saturated heterocycles. The fourth-order valence-electron chi connectivity index (χ4n) is 1.35. The van der Waals surface area contributed by atoms with E-state index in [1.165, 1.54) is 0 Å². The van der Waals surface area contributed by atoms with Crippen molar-refractivity contribution in [3.05, 3.63) is 29.6 Å². The first-order valence-electron chi connectivity index (χ1n) is 6.06. The zero-order valence-electron chi connectivity index (χ0n) is 11.9. The highest BCUT2D eigenvalue weighted by Crippen LogP contribution is 2.20. The highest BCUT2D eigenvalue weighted by molar-refractivity contribution is 7.89. The minimum atomic E-state index is -3.98. The number of carbonyl (C=O) groups excluding carboxylic acids is 1. The van der Waals surface area contributed by atoms with Crippen LogP contribution in [-0.4, -0.2) is 20.4 Å². The van der Waals surface area contributed by atoms with Crippen molar-refractivity contribution in [1.29, 1.82) is 0 Å². The van der Waals surface area contributed by atoms with Crippen molar-refractivity contribution < 1.29 is 17.6 Å². The van der Waals surface area contributed by atoms with Gasteiger partial charge in [-0.2, -0.15) is 0 Å². The van der Waals surface area contributed by atoms with Crippen LogP contribution in [0.1, 0.15) is 38.1 Å². The fraction of sp³-hybridized carbons (Fsp3) is 0.462. The number of carbonyl (C=O) groups is 1. The molecule has 0 aliphatic carbocycles. The maximum Gasteiger partial charge on any atom is 0.254 e. The predicted molar refractivity (Wildman–Crippen MR) is 74.2 cm³/mol. The Bertz CT molecular complexity index is 621. The molecule has 0 radical (unpaired) electrons. The summed E-state index contributed by atoms with van der Waals surface area (Å²) in [6.45, 7) is 7.57. The third-order valence-corrected chi connectivity index (χ3v) is 4.07. The lowest BCUT2D eigenvalue weighted by atomic mass is 9.88. The SMILES string of the molecule is CC(NC(=O)c1cc(S(N)(=O)=O)ccc1F)C(C)(C)C. The molecule has 1 amide bonds. The number of hydrogen-bond acceptors (Lipinski definition) is 3. The number of sulfonamides is 1. The average molecular weight is 302 g/mol. The predicted octanol–water partition coefficient (Wildman–Crippen LogP) is 1.64. The minimum Gasteiger partial charge on any atom is -0.349 e. The molecular formula is C13H19FN2O3S. The number of nitrogens with two attached hydrogens (primary N) is 1. The van der Waals surface area contributed by atoms with E-state index >= 15 is 0 Å². The molecule has 20 heavy (non-hydrogen) atoms. The topological polar surface area (TPSA) is 89.3 Å². The van der Waals surface area contributed by atoms with Gasteiger partial charge in [0.15, 0.2) is 0 Å². The first kappa shape index (κ1) is 16.6. The van der Waals surface area contributed by atoms with Gasteiger partial charge < -0.3 is 5.32 Å². The van der Waals surface area contributed by atoms with Gasteiger partial charge in [-0.25, -0.2) is 17.9 Å². The molecule has 0 spiro atoms. The van der Waals surface area contributed by atoms with Crippen LogP contribution in [-0.2, 0) is 10.0 Å². The summed E-state index contributed by atoms with van der Waals surface area (Å²) in [5.74, 6) is -1.47. The zero-order chi connectivity index (χ0) is 15.7. The molecule has 3 N–H and O–H groups in total. The molecule has 1 unspecified atom stereocenters. The number of hydrogen-bond donors (Lipinski definition) is 2. The summed E-state index contributed by atoms with van der Waals surface area (Å²) in [7, 11) is -3.98. The van der Waals surface area contributed by atoms with Crippen molar-refractivity contribution in [3.63, 3.8) is 0 Å². The van der Waals surface area contributed by atoms with Gasteiger partial charge in [-0.1, -0.05) is 20.8 Å². The highest BCUT2D eigenvalue weighted by Gasteiger charge is 2.24. The Morgan fingerprint density at radius 1 is 1.35 bits per heavy atom. The molecule has 7 heteroatoms. The fourth-order valence-corrected chi connectivity index (χ4v) is 1.89. The largest absolute Gasteiger partial charge is 0.349 e. The van der Waals surface area contributed by atoms with Crippen molar-refractivity contribution in [2.24, 2.45) is 10.6 Å². The Morgan fingerprint density at radius 2 is 1.90 bits per heavy atom. The number of nitrogens with one attached hydrogen (secondary N) is 1. The van der Waals surface area contributed by atoms with Gasteiger partial charge in [-0.15, -0.1) is 0 Å². The van der Waals surface area contributed by atoms with Crippen LogP contribution in [0, 0.1) is 11.2 Å². The minimum absolute atomic E-state index is 0.205. The molecule has 1 atom stereocenters. The number of rotatable bonds is 3. The first-order chi connectivity index (χ1) is 8.93. The molecule has 0 aliphatic rings. The van der Waals surface area contributed by atoms with E-state index in [2.05, 4.69) is 5.32 Å². The van der Waals surface area contributed by atoms with Crippen molar-refractivity contribution in [2.75, 3.05) is 0 Å². The Labute approximate surface area is 118 Å². The third kappa shape index (κ3) is 4.01. The van der Waals surface area contributed by atoms with E-state index in [1.807, 2.05) is 20.8 Å². The normalized spacial score (nSPS) is 13.9. The van der Waals surface area contributed by atoms with Crippen LogP contribution in [0.15, 0.2) is 23.1 Å². The average Bonchev–Trinajstić information content (AvgIpc) is 2.26. The quantitative estimate of drug-likeness (QED) is 0.889. The lowest BCUT2D eigenvalue weighted by molar-refractivity contribution is 0.0905. The molecule has 112 valence electrons. The maximum absolute atomic E-state index is 13.7. The molecule has 1 aromatic rings. The lowest BCUT2D eigenvalue weighted by Crippen LogP contribution is -2.41. The maximum atomic E-state index is 13.7. The van der Waals surface area contributed by atoms with Crippen LogP contribution in [0.25, 0.3) is 0 Å². The van der Waals surface area contributed by atoms with Crippen LogP contribution in [0.4, 0.5) is 4.39 Å². The smallest absolute Gasteiger partial charge is 0.254 e. The van der Waals surface area contributed by atoms with Crippen LogP contribution in [0.5, 0.6) is 0 Å². The van der Waals surface area contributed by atoms with Crippen LogP contribution in [0.3, 0.4) is 0 Å². The van der Waals surface area contributed by atoms with E-state index in [4.69, 9.17) is 5.14 Å². The zero-order valence-corrected chi connectivity index (χ0v) is 12.7. The number of primary sulfonamides is 1. The number of halogens is 1. The highest BCUT2D eigenvalue weighted by atomic mass is 32.2. The van der Waals surface area contributed by atoms with E-state index in [1.54, 1.807) is 6.92 Å². The van der Waals surface area contributed by atoms with Crippen molar-refractivity contribution in [2.45, 2.75) is 38.6 Å². The molecule has 0 saturated carbocycles. The molecule has 0 fully saturated rings. The van der Waals surface area contributed by atoms with Gasteiger partial charge in [0.2, 0.25) is 10.0 Å². The monoisotopic (exact) mass is 302 g/mol. The summed E-state index contributed by atoms with van der Waals surface area (Å²) in [6, 6.07) is 2.66. The van der Waals surface area contributed by atoms with Gasteiger partial charge >= 0.3 is 0 Å². The summed E-state index contributed by atoms with van der Waals surface area (Å²) in [6.07, 6.45) is 0. The van der Waals surface area contributed by atoms with Crippen molar-refractivity contribution in [3.8, 4) is 0 Å². The second kappa shape index (κ2) is 5.49. The lowest BCUT2D eigenvalue weighted by Gasteiger charge is -2.28. The van der Waals surface area contributed by atoms with Gasteiger partial charge in [0.05, 0.1) is 10.5 Å². The third-order valence-electron chi connectivity index (χ3n) is 3.16. The van der Waals surface area contributed by atoms with E-state index < -0.39 is 21.7 Å². The van der Waals surface area contributed by atoms with Crippen molar-refractivity contribution in [1.82, 2.24) is 5.32 Å². The van der Waals surface area contributed by atoms with E-state index in [0.717, 1.165) is 18.2 Å². The molecule has 1 aromatic carbocycles. The second-order valence-electron chi connectivity index (χ2n) is 5.75.